The van der Waals surface area contributed by atoms with Crippen molar-refractivity contribution >= 4 is 6.09 Å². The highest BCUT2D eigenvalue weighted by Gasteiger charge is 2.35. The lowest BCUT2D eigenvalue weighted by Crippen LogP contribution is -2.46. The maximum atomic E-state index is 10.5. The molecular weight excluding hydrogens is 172 g/mol. The first-order chi connectivity index (χ1) is 6.02. The van der Waals surface area contributed by atoms with E-state index in [-0.39, 0.29) is 0 Å². The Morgan fingerprint density at radius 1 is 1.77 bits per heavy atom. The topological polar surface area (TPSA) is 84.6 Å². The quantitative estimate of drug-likeness (QED) is 0.522. The van der Waals surface area contributed by atoms with Gasteiger partial charge in [-0.2, -0.15) is 0 Å². The van der Waals surface area contributed by atoms with Crippen LogP contribution in [0.4, 0.5) is 4.79 Å². The molecule has 0 aromatic rings. The number of hydrogen-bond acceptors (Lipinski definition) is 4. The largest absolute Gasteiger partial charge is 0.442 e. The number of rotatable bonds is 1. The molecule has 4 N–H and O–H groups in total. The van der Waals surface area contributed by atoms with E-state index in [1.165, 1.54) is 0 Å². The molecule has 1 amide bonds. The first-order valence-corrected chi connectivity index (χ1v) is 4.41. The second-order valence-electron chi connectivity index (χ2n) is 3.59. The van der Waals surface area contributed by atoms with Gasteiger partial charge in [-0.05, 0) is 26.3 Å². The summed E-state index contributed by atoms with van der Waals surface area (Å²) in [4.78, 5) is 10.5. The molecule has 0 radical (unpaired) electrons. The Balaban J connectivity index is 2.60. The summed E-state index contributed by atoms with van der Waals surface area (Å²) < 4.78 is 4.81. The maximum Gasteiger partial charge on any atom is 0.404 e. The monoisotopic (exact) mass is 188 g/mol. The average molecular weight is 188 g/mol. The summed E-state index contributed by atoms with van der Waals surface area (Å²) in [6, 6.07) is 0. The van der Waals surface area contributed by atoms with Crippen molar-refractivity contribution in [1.82, 2.24) is 5.32 Å². The van der Waals surface area contributed by atoms with Crippen LogP contribution in [0.2, 0.25) is 0 Å². The molecule has 1 aliphatic heterocycles. The molecule has 1 saturated heterocycles. The lowest BCUT2D eigenvalue weighted by molar-refractivity contribution is -0.0633. The van der Waals surface area contributed by atoms with Crippen molar-refractivity contribution in [2.45, 2.75) is 31.5 Å². The predicted molar refractivity (Wildman–Crippen MR) is 47.2 cm³/mol. The zero-order valence-electron chi connectivity index (χ0n) is 7.75. The number of nitrogens with one attached hydrogen (secondary N) is 1. The van der Waals surface area contributed by atoms with Crippen molar-refractivity contribution in [3.63, 3.8) is 0 Å². The molecule has 76 valence electrons. The van der Waals surface area contributed by atoms with Crippen LogP contribution in [-0.2, 0) is 4.74 Å². The zero-order chi connectivity index (χ0) is 9.90. The number of ether oxygens (including phenoxy) is 1. The number of aliphatic hydroxyl groups is 1. The van der Waals surface area contributed by atoms with Gasteiger partial charge in [0, 0.05) is 6.54 Å². The van der Waals surface area contributed by atoms with E-state index >= 15 is 0 Å². The molecule has 0 spiro atoms. The fourth-order valence-corrected chi connectivity index (χ4v) is 1.49. The van der Waals surface area contributed by atoms with Gasteiger partial charge in [-0.3, -0.25) is 0 Å². The summed E-state index contributed by atoms with van der Waals surface area (Å²) in [7, 11) is 0. The third-order valence-electron chi connectivity index (χ3n) is 2.32. The highest BCUT2D eigenvalue weighted by atomic mass is 16.6. The third kappa shape index (κ3) is 2.86. The maximum absolute atomic E-state index is 10.5. The van der Waals surface area contributed by atoms with E-state index in [0.29, 0.717) is 13.0 Å². The number of carbonyl (C=O) groups excluding carboxylic acids is 1. The molecule has 1 aliphatic rings. The first kappa shape index (κ1) is 10.3. The Bertz CT molecular complexity index is 194. The molecule has 2 atom stereocenters. The Kier molecular flexibility index (Phi) is 3.11. The van der Waals surface area contributed by atoms with E-state index in [2.05, 4.69) is 5.32 Å². The van der Waals surface area contributed by atoms with Crippen LogP contribution in [0.3, 0.4) is 0 Å². The minimum absolute atomic E-state index is 0.454. The average Bonchev–Trinajstić information content (AvgIpc) is 2.13. The van der Waals surface area contributed by atoms with Crippen molar-refractivity contribution in [2.75, 3.05) is 13.1 Å². The fourth-order valence-electron chi connectivity index (χ4n) is 1.49. The van der Waals surface area contributed by atoms with Gasteiger partial charge in [0.25, 0.3) is 0 Å². The third-order valence-corrected chi connectivity index (χ3v) is 2.32. The van der Waals surface area contributed by atoms with Crippen LogP contribution < -0.4 is 11.1 Å². The SMILES string of the molecule is C[C@@]1(O)CCCNC[C@@H]1OC(N)=O. The summed E-state index contributed by atoms with van der Waals surface area (Å²) in [5, 5.41) is 13.0. The van der Waals surface area contributed by atoms with Gasteiger partial charge in [0.1, 0.15) is 11.7 Å². The lowest BCUT2D eigenvalue weighted by Gasteiger charge is -2.29. The van der Waals surface area contributed by atoms with Gasteiger partial charge in [0.15, 0.2) is 0 Å². The van der Waals surface area contributed by atoms with Gasteiger partial charge < -0.3 is 20.9 Å². The molecule has 5 heteroatoms. The van der Waals surface area contributed by atoms with E-state index in [1.807, 2.05) is 0 Å². The van der Waals surface area contributed by atoms with Crippen molar-refractivity contribution < 1.29 is 14.6 Å². The van der Waals surface area contributed by atoms with E-state index in [0.717, 1.165) is 13.0 Å². The van der Waals surface area contributed by atoms with Crippen LogP contribution in [0.15, 0.2) is 0 Å². The van der Waals surface area contributed by atoms with Gasteiger partial charge in [-0.25, -0.2) is 4.79 Å². The van der Waals surface area contributed by atoms with E-state index in [9.17, 15) is 9.90 Å². The zero-order valence-corrected chi connectivity index (χ0v) is 7.75. The molecule has 0 bridgehead atoms. The number of nitrogens with two attached hydrogens (primary N) is 1. The highest BCUT2D eigenvalue weighted by molar-refractivity contribution is 5.65. The van der Waals surface area contributed by atoms with Crippen LogP contribution in [0.5, 0.6) is 0 Å². The van der Waals surface area contributed by atoms with Crippen LogP contribution in [0.25, 0.3) is 0 Å². The van der Waals surface area contributed by atoms with Crippen LogP contribution in [-0.4, -0.2) is 36.0 Å². The highest BCUT2D eigenvalue weighted by Crippen LogP contribution is 2.21. The molecular formula is C8H16N2O3. The molecule has 0 aromatic carbocycles. The minimum atomic E-state index is -0.974. The molecule has 0 saturated carbocycles. The number of primary amides is 1. The number of hydrogen-bond donors (Lipinski definition) is 3. The lowest BCUT2D eigenvalue weighted by atomic mass is 9.95. The van der Waals surface area contributed by atoms with Gasteiger partial charge in [-0.1, -0.05) is 0 Å². The Morgan fingerprint density at radius 2 is 2.46 bits per heavy atom. The van der Waals surface area contributed by atoms with Crippen molar-refractivity contribution in [3.05, 3.63) is 0 Å². The Morgan fingerprint density at radius 3 is 3.08 bits per heavy atom. The normalized spacial score (nSPS) is 35.1. The molecule has 0 aromatic heterocycles. The van der Waals surface area contributed by atoms with Crippen molar-refractivity contribution in [1.29, 1.82) is 0 Å². The van der Waals surface area contributed by atoms with Gasteiger partial charge in [0.2, 0.25) is 0 Å². The van der Waals surface area contributed by atoms with E-state index < -0.39 is 17.8 Å². The van der Waals surface area contributed by atoms with Crippen molar-refractivity contribution in [2.24, 2.45) is 5.73 Å². The number of amides is 1. The molecule has 0 unspecified atom stereocenters. The van der Waals surface area contributed by atoms with Gasteiger partial charge >= 0.3 is 6.09 Å². The van der Waals surface area contributed by atoms with Gasteiger partial charge in [0.05, 0.1) is 0 Å². The van der Waals surface area contributed by atoms with E-state index in [4.69, 9.17) is 10.5 Å². The van der Waals surface area contributed by atoms with E-state index in [1.54, 1.807) is 6.92 Å². The van der Waals surface area contributed by atoms with Gasteiger partial charge in [-0.15, -0.1) is 0 Å². The summed E-state index contributed by atoms with van der Waals surface area (Å²) in [5.41, 5.74) is 3.92. The molecule has 1 rings (SSSR count). The van der Waals surface area contributed by atoms with Crippen LogP contribution >= 0.6 is 0 Å². The standard InChI is InChI=1S/C8H16N2O3/c1-8(12)3-2-4-10-5-6(8)13-7(9)11/h6,10,12H,2-5H2,1H3,(H2,9,11)/t6-,8+/m0/s1. The minimum Gasteiger partial charge on any atom is -0.442 e. The Hall–Kier alpha value is -0.810. The predicted octanol–water partition coefficient (Wildman–Crippen LogP) is -0.415. The van der Waals surface area contributed by atoms with Crippen LogP contribution in [0.1, 0.15) is 19.8 Å². The number of carbonyl (C=O) groups is 1. The molecule has 1 fully saturated rings. The molecule has 0 aliphatic carbocycles. The van der Waals surface area contributed by atoms with Crippen molar-refractivity contribution in [3.8, 4) is 0 Å². The second kappa shape index (κ2) is 3.93. The smallest absolute Gasteiger partial charge is 0.404 e. The Labute approximate surface area is 77.2 Å². The fraction of sp³-hybridized carbons (Fsp3) is 0.875. The summed E-state index contributed by atoms with van der Waals surface area (Å²) in [6.45, 7) is 2.94. The summed E-state index contributed by atoms with van der Waals surface area (Å²) in [6.07, 6.45) is 0.0882. The van der Waals surface area contributed by atoms with Crippen LogP contribution in [0, 0.1) is 0 Å². The molecule has 1 heterocycles. The molecule has 5 nitrogen and oxygen atoms in total. The first-order valence-electron chi connectivity index (χ1n) is 4.41. The molecule has 13 heavy (non-hydrogen) atoms. The second-order valence-corrected chi connectivity index (χ2v) is 3.59. The summed E-state index contributed by atoms with van der Waals surface area (Å²) in [5.74, 6) is 0. The summed E-state index contributed by atoms with van der Waals surface area (Å²) >= 11 is 0.